The molecule has 2 N–H and O–H groups in total. The number of aliphatic hydroxyl groups is 1. The molecule has 1 saturated heterocycles. The van der Waals surface area contributed by atoms with Crippen molar-refractivity contribution in [3.63, 3.8) is 0 Å². The smallest absolute Gasteiger partial charge is 0.255 e. The molecule has 1 aliphatic rings. The van der Waals surface area contributed by atoms with E-state index in [0.29, 0.717) is 13.2 Å². The van der Waals surface area contributed by atoms with E-state index in [1.165, 1.54) is 0 Å². The summed E-state index contributed by atoms with van der Waals surface area (Å²) >= 11 is 0. The lowest BCUT2D eigenvalue weighted by atomic mass is 10.2. The SMILES string of the molecule is O=C(C1COCCN1)N(CCO)CC(F)F. The zero-order valence-corrected chi connectivity index (χ0v) is 8.86. The highest BCUT2D eigenvalue weighted by molar-refractivity contribution is 5.82. The van der Waals surface area contributed by atoms with Crippen molar-refractivity contribution in [1.29, 1.82) is 0 Å². The van der Waals surface area contributed by atoms with Crippen LogP contribution in [-0.4, -0.2) is 67.8 Å². The highest BCUT2D eigenvalue weighted by atomic mass is 19.3. The van der Waals surface area contributed by atoms with E-state index >= 15 is 0 Å². The summed E-state index contributed by atoms with van der Waals surface area (Å²) in [4.78, 5) is 12.7. The Labute approximate surface area is 92.4 Å². The molecule has 5 nitrogen and oxygen atoms in total. The molecule has 0 aromatic rings. The first-order chi connectivity index (χ1) is 7.65. The highest BCUT2D eigenvalue weighted by Gasteiger charge is 2.27. The highest BCUT2D eigenvalue weighted by Crippen LogP contribution is 2.03. The van der Waals surface area contributed by atoms with Gasteiger partial charge in [0.05, 0.1) is 26.4 Å². The van der Waals surface area contributed by atoms with E-state index < -0.39 is 24.9 Å². The molecule has 0 aliphatic carbocycles. The molecule has 16 heavy (non-hydrogen) atoms. The van der Waals surface area contributed by atoms with Crippen LogP contribution in [0.2, 0.25) is 0 Å². The number of carbonyl (C=O) groups is 1. The lowest BCUT2D eigenvalue weighted by Gasteiger charge is -2.29. The third kappa shape index (κ3) is 3.99. The van der Waals surface area contributed by atoms with Crippen molar-refractivity contribution in [3.05, 3.63) is 0 Å². The Morgan fingerprint density at radius 1 is 1.62 bits per heavy atom. The number of carbonyl (C=O) groups excluding carboxylic acids is 1. The topological polar surface area (TPSA) is 61.8 Å². The molecule has 1 atom stereocenters. The second kappa shape index (κ2) is 6.72. The van der Waals surface area contributed by atoms with E-state index in [-0.39, 0.29) is 19.8 Å². The summed E-state index contributed by atoms with van der Waals surface area (Å²) in [5, 5.41) is 11.6. The van der Waals surface area contributed by atoms with Crippen LogP contribution in [-0.2, 0) is 9.53 Å². The molecule has 1 rings (SSSR count). The van der Waals surface area contributed by atoms with Gasteiger partial charge >= 0.3 is 0 Å². The maximum absolute atomic E-state index is 12.2. The average Bonchev–Trinajstić information content (AvgIpc) is 2.28. The molecule has 1 unspecified atom stereocenters. The first-order valence-corrected chi connectivity index (χ1v) is 5.14. The van der Waals surface area contributed by atoms with Gasteiger partial charge in [0.25, 0.3) is 6.43 Å². The Hall–Kier alpha value is -0.790. The van der Waals surface area contributed by atoms with Crippen molar-refractivity contribution in [3.8, 4) is 0 Å². The maximum Gasteiger partial charge on any atom is 0.255 e. The van der Waals surface area contributed by atoms with Gasteiger partial charge in [0.1, 0.15) is 6.04 Å². The van der Waals surface area contributed by atoms with Crippen molar-refractivity contribution in [2.24, 2.45) is 0 Å². The number of hydrogen-bond acceptors (Lipinski definition) is 4. The summed E-state index contributed by atoms with van der Waals surface area (Å²) in [6.07, 6.45) is -2.60. The molecular weight excluding hydrogens is 222 g/mol. The van der Waals surface area contributed by atoms with Crippen LogP contribution in [0.15, 0.2) is 0 Å². The van der Waals surface area contributed by atoms with Crippen LogP contribution in [0.5, 0.6) is 0 Å². The largest absolute Gasteiger partial charge is 0.395 e. The molecule has 0 saturated carbocycles. The molecule has 1 aliphatic heterocycles. The molecule has 7 heteroatoms. The van der Waals surface area contributed by atoms with Crippen molar-refractivity contribution < 1.29 is 23.4 Å². The Morgan fingerprint density at radius 2 is 2.38 bits per heavy atom. The van der Waals surface area contributed by atoms with Crippen LogP contribution in [0.4, 0.5) is 8.78 Å². The van der Waals surface area contributed by atoms with E-state index in [2.05, 4.69) is 5.32 Å². The second-order valence-electron chi connectivity index (χ2n) is 3.48. The third-order valence-corrected chi connectivity index (χ3v) is 2.26. The number of rotatable bonds is 5. The molecule has 1 fully saturated rings. The van der Waals surface area contributed by atoms with Gasteiger partial charge in [-0.25, -0.2) is 8.78 Å². The van der Waals surface area contributed by atoms with Gasteiger partial charge in [-0.05, 0) is 0 Å². The first kappa shape index (κ1) is 13.3. The first-order valence-electron chi connectivity index (χ1n) is 5.14. The number of alkyl halides is 2. The molecular formula is C9H16F2N2O3. The summed E-state index contributed by atoms with van der Waals surface area (Å²) in [5.41, 5.74) is 0. The fraction of sp³-hybridized carbons (Fsp3) is 0.889. The number of halogens is 2. The fourth-order valence-corrected chi connectivity index (χ4v) is 1.52. The molecule has 0 spiro atoms. The van der Waals surface area contributed by atoms with E-state index in [1.54, 1.807) is 0 Å². The van der Waals surface area contributed by atoms with Crippen molar-refractivity contribution in [1.82, 2.24) is 10.2 Å². The van der Waals surface area contributed by atoms with E-state index in [4.69, 9.17) is 9.84 Å². The lowest BCUT2D eigenvalue weighted by Crippen LogP contribution is -2.53. The molecule has 0 aromatic heterocycles. The molecule has 1 amide bonds. The van der Waals surface area contributed by atoms with Crippen LogP contribution in [0.25, 0.3) is 0 Å². The maximum atomic E-state index is 12.2. The van der Waals surface area contributed by atoms with Gasteiger partial charge in [-0.2, -0.15) is 0 Å². The van der Waals surface area contributed by atoms with E-state index in [0.717, 1.165) is 4.90 Å². The zero-order chi connectivity index (χ0) is 12.0. The van der Waals surface area contributed by atoms with Gasteiger partial charge in [-0.1, -0.05) is 0 Å². The van der Waals surface area contributed by atoms with Crippen LogP contribution in [0.1, 0.15) is 0 Å². The summed E-state index contributed by atoms with van der Waals surface area (Å²) < 4.78 is 29.5. The van der Waals surface area contributed by atoms with Gasteiger partial charge < -0.3 is 20.1 Å². The Morgan fingerprint density at radius 3 is 2.88 bits per heavy atom. The minimum atomic E-state index is -2.60. The van der Waals surface area contributed by atoms with E-state index in [1.807, 2.05) is 0 Å². The van der Waals surface area contributed by atoms with Crippen molar-refractivity contribution in [2.75, 3.05) is 39.5 Å². The summed E-state index contributed by atoms with van der Waals surface area (Å²) in [6, 6.07) is -0.584. The second-order valence-corrected chi connectivity index (χ2v) is 3.48. The monoisotopic (exact) mass is 238 g/mol. The number of hydrogen-bond donors (Lipinski definition) is 2. The van der Waals surface area contributed by atoms with Gasteiger partial charge in [0.15, 0.2) is 0 Å². The average molecular weight is 238 g/mol. The minimum Gasteiger partial charge on any atom is -0.395 e. The normalized spacial score (nSPS) is 21.1. The number of nitrogens with one attached hydrogen (secondary N) is 1. The Kier molecular flexibility index (Phi) is 5.58. The molecule has 0 radical (unpaired) electrons. The molecule has 94 valence electrons. The third-order valence-electron chi connectivity index (χ3n) is 2.26. The van der Waals surface area contributed by atoms with Crippen LogP contribution in [0.3, 0.4) is 0 Å². The summed E-state index contributed by atoms with van der Waals surface area (Å²) in [7, 11) is 0. The van der Waals surface area contributed by atoms with Crippen molar-refractivity contribution in [2.45, 2.75) is 12.5 Å². The fourth-order valence-electron chi connectivity index (χ4n) is 1.52. The minimum absolute atomic E-state index is 0.0820. The van der Waals surface area contributed by atoms with Crippen LogP contribution < -0.4 is 5.32 Å². The van der Waals surface area contributed by atoms with Crippen molar-refractivity contribution >= 4 is 5.91 Å². The number of nitrogens with zero attached hydrogens (tertiary/aromatic N) is 1. The Balaban J connectivity index is 2.50. The van der Waals surface area contributed by atoms with Gasteiger partial charge in [-0.15, -0.1) is 0 Å². The molecule has 0 bridgehead atoms. The molecule has 1 heterocycles. The summed E-state index contributed by atoms with van der Waals surface area (Å²) in [5.74, 6) is -0.450. The summed E-state index contributed by atoms with van der Waals surface area (Å²) in [6.45, 7) is 0.158. The quantitative estimate of drug-likeness (QED) is 0.649. The zero-order valence-electron chi connectivity index (χ0n) is 8.86. The lowest BCUT2D eigenvalue weighted by molar-refractivity contribution is -0.138. The van der Waals surface area contributed by atoms with Gasteiger partial charge in [0.2, 0.25) is 5.91 Å². The number of amides is 1. The Bertz CT molecular complexity index is 223. The van der Waals surface area contributed by atoms with Gasteiger partial charge in [-0.3, -0.25) is 4.79 Å². The van der Waals surface area contributed by atoms with Gasteiger partial charge in [0, 0.05) is 13.1 Å². The number of ether oxygens (including phenoxy) is 1. The van der Waals surface area contributed by atoms with Crippen LogP contribution >= 0.6 is 0 Å². The number of aliphatic hydroxyl groups excluding tert-OH is 1. The predicted octanol–water partition coefficient (Wildman–Crippen LogP) is -0.939. The predicted molar refractivity (Wildman–Crippen MR) is 52.3 cm³/mol. The van der Waals surface area contributed by atoms with E-state index in [9.17, 15) is 13.6 Å². The standard InChI is InChI=1S/C9H16F2N2O3/c10-8(11)5-13(2-3-14)9(15)7-6-16-4-1-12-7/h7-8,12,14H,1-6H2. The van der Waals surface area contributed by atoms with Crippen LogP contribution in [0, 0.1) is 0 Å². The molecule has 0 aromatic carbocycles. The number of morpholine rings is 1.